The quantitative estimate of drug-likeness (QED) is 0.563. The fourth-order valence-corrected chi connectivity index (χ4v) is 3.34. The van der Waals surface area contributed by atoms with E-state index in [1.165, 1.54) is 25.3 Å². The second kappa shape index (κ2) is 8.58. The van der Waals surface area contributed by atoms with Crippen LogP contribution in [0.4, 0.5) is 17.2 Å². The molecule has 1 aliphatic heterocycles. The van der Waals surface area contributed by atoms with E-state index in [0.29, 0.717) is 12.4 Å². The molecular weight excluding hydrogens is 316 g/mol. The molecule has 3 rings (SSSR count). The van der Waals surface area contributed by atoms with Gasteiger partial charge in [-0.1, -0.05) is 24.6 Å². The predicted molar refractivity (Wildman–Crippen MR) is 99.2 cm³/mol. The monoisotopic (exact) mass is 340 g/mol. The summed E-state index contributed by atoms with van der Waals surface area (Å²) in [6.07, 6.45) is 6.43. The maximum atomic E-state index is 11.4. The van der Waals surface area contributed by atoms with Crippen molar-refractivity contribution < 1.29 is 4.92 Å². The smallest absolute Gasteiger partial charge is 0.311 e. The molecule has 0 bridgehead atoms. The summed E-state index contributed by atoms with van der Waals surface area (Å²) in [5, 5.41) is 11.4. The van der Waals surface area contributed by atoms with Gasteiger partial charge in [-0.2, -0.15) is 0 Å². The second-order valence-corrected chi connectivity index (χ2v) is 6.35. The van der Waals surface area contributed by atoms with E-state index in [-0.39, 0.29) is 10.6 Å². The van der Waals surface area contributed by atoms with Gasteiger partial charge in [0.05, 0.1) is 4.92 Å². The highest BCUT2D eigenvalue weighted by Gasteiger charge is 2.22. The molecule has 0 amide bonds. The van der Waals surface area contributed by atoms with E-state index in [9.17, 15) is 10.1 Å². The lowest BCUT2D eigenvalue weighted by Crippen LogP contribution is -2.32. The summed E-state index contributed by atoms with van der Waals surface area (Å²) in [4.78, 5) is 19.8. The fraction of sp³-hybridized carbons (Fsp3) is 0.421. The standard InChI is InChI=1S/C19H24N4O2/c24-23(25)18-11-7-12-20-19(18)22(17-9-3-1-4-10-17)16-8-15-21-13-5-2-6-14-21/h1,3-4,7,9-12H,2,5-6,8,13-16H2. The summed E-state index contributed by atoms with van der Waals surface area (Å²) in [6, 6.07) is 12.9. The lowest BCUT2D eigenvalue weighted by molar-refractivity contribution is -0.384. The van der Waals surface area contributed by atoms with Crippen molar-refractivity contribution in [3.63, 3.8) is 0 Å². The number of hydrogen-bond donors (Lipinski definition) is 0. The van der Waals surface area contributed by atoms with Gasteiger partial charge in [0.1, 0.15) is 0 Å². The van der Waals surface area contributed by atoms with Crippen LogP contribution in [0.1, 0.15) is 25.7 Å². The van der Waals surface area contributed by atoms with Crippen molar-refractivity contribution in [1.82, 2.24) is 9.88 Å². The van der Waals surface area contributed by atoms with Gasteiger partial charge in [-0.25, -0.2) is 4.98 Å². The molecule has 132 valence electrons. The fourth-order valence-electron chi connectivity index (χ4n) is 3.34. The number of aromatic nitrogens is 1. The van der Waals surface area contributed by atoms with Crippen LogP contribution >= 0.6 is 0 Å². The lowest BCUT2D eigenvalue weighted by atomic mass is 10.1. The Morgan fingerprint density at radius 1 is 1.08 bits per heavy atom. The largest absolute Gasteiger partial charge is 0.321 e. The third-order valence-electron chi connectivity index (χ3n) is 4.59. The molecule has 2 aromatic rings. The molecule has 1 aliphatic rings. The maximum Gasteiger partial charge on any atom is 0.311 e. The lowest BCUT2D eigenvalue weighted by Gasteiger charge is -2.28. The predicted octanol–water partition coefficient (Wildman–Crippen LogP) is 4.00. The van der Waals surface area contributed by atoms with Crippen molar-refractivity contribution in [3.8, 4) is 0 Å². The van der Waals surface area contributed by atoms with Gasteiger partial charge in [0.2, 0.25) is 5.82 Å². The molecule has 0 aliphatic carbocycles. The summed E-state index contributed by atoms with van der Waals surface area (Å²) < 4.78 is 0. The van der Waals surface area contributed by atoms with Crippen LogP contribution in [-0.4, -0.2) is 41.0 Å². The number of anilines is 2. The Balaban J connectivity index is 1.77. The van der Waals surface area contributed by atoms with Crippen molar-refractivity contribution in [3.05, 3.63) is 58.8 Å². The molecule has 1 saturated heterocycles. The van der Waals surface area contributed by atoms with Crippen LogP contribution in [0.2, 0.25) is 0 Å². The van der Waals surface area contributed by atoms with E-state index in [1.807, 2.05) is 35.2 Å². The highest BCUT2D eigenvalue weighted by molar-refractivity contribution is 5.68. The second-order valence-electron chi connectivity index (χ2n) is 6.35. The molecule has 0 N–H and O–H groups in total. The van der Waals surface area contributed by atoms with Crippen molar-refractivity contribution in [2.24, 2.45) is 0 Å². The normalized spacial score (nSPS) is 15.0. The minimum Gasteiger partial charge on any atom is -0.321 e. The summed E-state index contributed by atoms with van der Waals surface area (Å²) in [6.45, 7) is 4.05. The van der Waals surface area contributed by atoms with Gasteiger partial charge >= 0.3 is 5.69 Å². The van der Waals surface area contributed by atoms with Crippen LogP contribution in [0.15, 0.2) is 48.7 Å². The zero-order valence-corrected chi connectivity index (χ0v) is 14.4. The molecule has 0 atom stereocenters. The average molecular weight is 340 g/mol. The molecule has 0 radical (unpaired) electrons. The molecule has 25 heavy (non-hydrogen) atoms. The highest BCUT2D eigenvalue weighted by atomic mass is 16.6. The number of nitro groups is 1. The van der Waals surface area contributed by atoms with Gasteiger partial charge in [-0.15, -0.1) is 0 Å². The number of para-hydroxylation sites is 1. The first-order valence-electron chi connectivity index (χ1n) is 8.90. The molecule has 0 spiro atoms. The topological polar surface area (TPSA) is 62.5 Å². The zero-order valence-electron chi connectivity index (χ0n) is 14.4. The molecule has 1 aromatic carbocycles. The maximum absolute atomic E-state index is 11.4. The Morgan fingerprint density at radius 2 is 1.84 bits per heavy atom. The molecular formula is C19H24N4O2. The average Bonchev–Trinajstić information content (AvgIpc) is 2.67. The van der Waals surface area contributed by atoms with E-state index in [4.69, 9.17) is 0 Å². The van der Waals surface area contributed by atoms with Crippen molar-refractivity contribution in [2.75, 3.05) is 31.1 Å². The molecule has 1 aromatic heterocycles. The summed E-state index contributed by atoms with van der Waals surface area (Å²) in [5.74, 6) is 0.414. The summed E-state index contributed by atoms with van der Waals surface area (Å²) >= 11 is 0. The third-order valence-corrected chi connectivity index (χ3v) is 4.59. The third kappa shape index (κ3) is 4.54. The number of likely N-dealkylation sites (tertiary alicyclic amines) is 1. The van der Waals surface area contributed by atoms with Gasteiger partial charge in [-0.3, -0.25) is 10.1 Å². The number of rotatable bonds is 7. The summed E-state index contributed by atoms with van der Waals surface area (Å²) in [5.41, 5.74) is 0.979. The van der Waals surface area contributed by atoms with Gasteiger partial charge < -0.3 is 9.80 Å². The molecule has 1 fully saturated rings. The number of pyridine rings is 1. The van der Waals surface area contributed by atoms with Crippen molar-refractivity contribution >= 4 is 17.2 Å². The van der Waals surface area contributed by atoms with Crippen molar-refractivity contribution in [1.29, 1.82) is 0 Å². The summed E-state index contributed by atoms with van der Waals surface area (Å²) in [7, 11) is 0. The van der Waals surface area contributed by atoms with E-state index >= 15 is 0 Å². The van der Waals surface area contributed by atoms with E-state index < -0.39 is 0 Å². The van der Waals surface area contributed by atoms with Crippen LogP contribution < -0.4 is 4.90 Å². The van der Waals surface area contributed by atoms with Crippen LogP contribution in [0.5, 0.6) is 0 Å². The molecule has 0 saturated carbocycles. The molecule has 6 nitrogen and oxygen atoms in total. The zero-order chi connectivity index (χ0) is 17.5. The van der Waals surface area contributed by atoms with Gasteiger partial charge in [0.15, 0.2) is 0 Å². The first-order chi connectivity index (χ1) is 12.3. The Hall–Kier alpha value is -2.47. The Kier molecular flexibility index (Phi) is 5.95. The molecule has 0 unspecified atom stereocenters. The minimum atomic E-state index is -0.358. The number of piperidine rings is 1. The van der Waals surface area contributed by atoms with Gasteiger partial charge in [-0.05, 0) is 57.1 Å². The van der Waals surface area contributed by atoms with Crippen LogP contribution in [0.3, 0.4) is 0 Å². The Bertz CT molecular complexity index is 687. The van der Waals surface area contributed by atoms with Crippen LogP contribution in [0.25, 0.3) is 0 Å². The van der Waals surface area contributed by atoms with Gasteiger partial charge in [0.25, 0.3) is 0 Å². The van der Waals surface area contributed by atoms with Crippen molar-refractivity contribution in [2.45, 2.75) is 25.7 Å². The van der Waals surface area contributed by atoms with E-state index in [0.717, 1.165) is 31.7 Å². The first kappa shape index (κ1) is 17.4. The van der Waals surface area contributed by atoms with Gasteiger partial charge in [0, 0.05) is 24.5 Å². The molecule has 6 heteroatoms. The minimum absolute atomic E-state index is 0.0457. The Labute approximate surface area is 148 Å². The van der Waals surface area contributed by atoms with Crippen LogP contribution in [0, 0.1) is 10.1 Å². The first-order valence-corrected chi connectivity index (χ1v) is 8.90. The number of benzene rings is 1. The number of nitrogens with zero attached hydrogens (tertiary/aromatic N) is 4. The van der Waals surface area contributed by atoms with E-state index in [1.54, 1.807) is 12.3 Å². The Morgan fingerprint density at radius 3 is 2.56 bits per heavy atom. The molecule has 2 heterocycles. The highest BCUT2D eigenvalue weighted by Crippen LogP contribution is 2.31. The SMILES string of the molecule is O=[N+]([O-])c1cccnc1N(CCCN1CCCCC1)c1ccccc1. The van der Waals surface area contributed by atoms with Crippen LogP contribution in [-0.2, 0) is 0 Å². The number of hydrogen-bond acceptors (Lipinski definition) is 5. The van der Waals surface area contributed by atoms with E-state index in [2.05, 4.69) is 9.88 Å².